The van der Waals surface area contributed by atoms with Crippen LogP contribution in [0.15, 0.2) is 0 Å². The highest BCUT2D eigenvalue weighted by molar-refractivity contribution is 5.85. The minimum atomic E-state index is 0. The van der Waals surface area contributed by atoms with Crippen molar-refractivity contribution in [1.29, 1.82) is 0 Å². The summed E-state index contributed by atoms with van der Waals surface area (Å²) in [7, 11) is 0. The second-order valence-corrected chi connectivity index (χ2v) is 7.11. The first-order valence-corrected chi connectivity index (χ1v) is 8.86. The van der Waals surface area contributed by atoms with Crippen LogP contribution in [0.4, 0.5) is 0 Å². The van der Waals surface area contributed by atoms with Crippen LogP contribution < -0.4 is 5.32 Å². The van der Waals surface area contributed by atoms with Crippen molar-refractivity contribution >= 4 is 18.3 Å². The largest absolute Gasteiger partial charge is 0.339 e. The van der Waals surface area contributed by atoms with Crippen LogP contribution in [0.2, 0.25) is 0 Å². The zero-order valence-corrected chi connectivity index (χ0v) is 14.0. The van der Waals surface area contributed by atoms with Gasteiger partial charge in [0.25, 0.3) is 0 Å². The number of halogens is 1. The van der Waals surface area contributed by atoms with E-state index in [1.54, 1.807) is 0 Å². The fourth-order valence-corrected chi connectivity index (χ4v) is 3.93. The highest BCUT2D eigenvalue weighted by atomic mass is 35.5. The maximum absolute atomic E-state index is 12.6. The molecule has 1 saturated heterocycles. The number of carbonyl (C=O) groups excluding carboxylic acids is 1. The van der Waals surface area contributed by atoms with Crippen LogP contribution in [-0.2, 0) is 4.79 Å². The molecule has 4 heteroatoms. The molecular weight excluding hydrogens is 284 g/mol. The lowest BCUT2D eigenvalue weighted by Crippen LogP contribution is -2.38. The lowest BCUT2D eigenvalue weighted by molar-refractivity contribution is -0.132. The van der Waals surface area contributed by atoms with Gasteiger partial charge in [0.15, 0.2) is 0 Å². The molecule has 0 aromatic heterocycles. The Morgan fingerprint density at radius 1 is 1.00 bits per heavy atom. The highest BCUT2D eigenvalue weighted by Gasteiger charge is 2.34. The molecular formula is C17H31ClN2O. The van der Waals surface area contributed by atoms with Crippen molar-refractivity contribution in [3.05, 3.63) is 0 Å². The molecule has 0 bridgehead atoms. The van der Waals surface area contributed by atoms with E-state index in [0.29, 0.717) is 18.0 Å². The zero-order chi connectivity index (χ0) is 13.8. The molecule has 1 N–H and O–H groups in total. The van der Waals surface area contributed by atoms with E-state index in [9.17, 15) is 4.79 Å². The van der Waals surface area contributed by atoms with Crippen LogP contribution in [0.3, 0.4) is 0 Å². The highest BCUT2D eigenvalue weighted by Crippen LogP contribution is 2.32. The minimum Gasteiger partial charge on any atom is -0.339 e. The molecule has 3 aliphatic rings. The quantitative estimate of drug-likeness (QED) is 0.813. The first kappa shape index (κ1) is 17.1. The molecule has 3 rings (SSSR count). The third kappa shape index (κ3) is 5.14. The van der Waals surface area contributed by atoms with Gasteiger partial charge in [0, 0.05) is 25.0 Å². The summed E-state index contributed by atoms with van der Waals surface area (Å²) in [6.45, 7) is 2.20. The average Bonchev–Trinajstić information content (AvgIpc) is 3.19. The Morgan fingerprint density at radius 3 is 2.38 bits per heavy atom. The van der Waals surface area contributed by atoms with Gasteiger partial charge in [0.05, 0.1) is 0 Å². The monoisotopic (exact) mass is 314 g/mol. The first-order chi connectivity index (χ1) is 9.83. The summed E-state index contributed by atoms with van der Waals surface area (Å²) < 4.78 is 0. The van der Waals surface area contributed by atoms with Crippen LogP contribution in [0.25, 0.3) is 0 Å². The number of amides is 1. The maximum atomic E-state index is 12.6. The molecule has 0 aromatic carbocycles. The summed E-state index contributed by atoms with van der Waals surface area (Å²) in [5.41, 5.74) is 0. The number of nitrogens with zero attached hydrogens (tertiary/aromatic N) is 1. The minimum absolute atomic E-state index is 0. The SMILES string of the molecule is Cl.O=C(CCC1CCCN1)N(CC1CCCCC1)C1CC1. The van der Waals surface area contributed by atoms with Gasteiger partial charge < -0.3 is 10.2 Å². The van der Waals surface area contributed by atoms with Crippen LogP contribution in [0.5, 0.6) is 0 Å². The Morgan fingerprint density at radius 2 is 1.76 bits per heavy atom. The molecule has 1 atom stereocenters. The topological polar surface area (TPSA) is 32.3 Å². The Kier molecular flexibility index (Phi) is 6.81. The normalized spacial score (nSPS) is 26.4. The van der Waals surface area contributed by atoms with Gasteiger partial charge in [-0.2, -0.15) is 0 Å². The number of hydrogen-bond acceptors (Lipinski definition) is 2. The third-order valence-corrected chi connectivity index (χ3v) is 5.36. The lowest BCUT2D eigenvalue weighted by atomic mass is 9.89. The standard InChI is InChI=1S/C17H30N2O.ClH/c20-17(11-8-15-7-4-12-18-15)19(16-9-10-16)13-14-5-2-1-3-6-14;/h14-16,18H,1-13H2;1H. The van der Waals surface area contributed by atoms with Crippen LogP contribution in [0, 0.1) is 5.92 Å². The molecule has 3 fully saturated rings. The molecule has 21 heavy (non-hydrogen) atoms. The smallest absolute Gasteiger partial charge is 0.222 e. The number of hydrogen-bond donors (Lipinski definition) is 1. The summed E-state index contributed by atoms with van der Waals surface area (Å²) in [5, 5.41) is 3.51. The molecule has 0 radical (unpaired) electrons. The summed E-state index contributed by atoms with van der Waals surface area (Å²) in [6, 6.07) is 1.20. The van der Waals surface area contributed by atoms with Crippen LogP contribution in [0.1, 0.15) is 70.6 Å². The molecule has 1 unspecified atom stereocenters. The second-order valence-electron chi connectivity index (χ2n) is 7.11. The molecule has 2 aliphatic carbocycles. The predicted molar refractivity (Wildman–Crippen MR) is 88.8 cm³/mol. The Labute approximate surface area is 135 Å². The molecule has 0 aromatic rings. The van der Waals surface area contributed by atoms with Crippen molar-refractivity contribution in [3.8, 4) is 0 Å². The van der Waals surface area contributed by atoms with E-state index in [0.717, 1.165) is 31.8 Å². The van der Waals surface area contributed by atoms with Crippen molar-refractivity contribution < 1.29 is 4.79 Å². The zero-order valence-electron chi connectivity index (χ0n) is 13.2. The number of nitrogens with one attached hydrogen (secondary N) is 1. The van der Waals surface area contributed by atoms with E-state index in [-0.39, 0.29) is 12.4 Å². The molecule has 1 aliphatic heterocycles. The van der Waals surface area contributed by atoms with Gasteiger partial charge in [-0.1, -0.05) is 19.3 Å². The van der Waals surface area contributed by atoms with Gasteiger partial charge in [-0.25, -0.2) is 0 Å². The third-order valence-electron chi connectivity index (χ3n) is 5.36. The van der Waals surface area contributed by atoms with Crippen molar-refractivity contribution in [2.75, 3.05) is 13.1 Å². The number of rotatable bonds is 6. The molecule has 0 spiro atoms. The fraction of sp³-hybridized carbons (Fsp3) is 0.941. The molecule has 122 valence electrons. The van der Waals surface area contributed by atoms with Gasteiger partial charge >= 0.3 is 0 Å². The second kappa shape index (κ2) is 8.38. The van der Waals surface area contributed by atoms with E-state index in [2.05, 4.69) is 10.2 Å². The average molecular weight is 315 g/mol. The van der Waals surface area contributed by atoms with Crippen LogP contribution >= 0.6 is 12.4 Å². The van der Waals surface area contributed by atoms with Crippen LogP contribution in [-0.4, -0.2) is 36.0 Å². The predicted octanol–water partition coefficient (Wildman–Crippen LogP) is 3.51. The molecule has 2 saturated carbocycles. The Hall–Kier alpha value is -0.280. The first-order valence-electron chi connectivity index (χ1n) is 8.86. The van der Waals surface area contributed by atoms with Gasteiger partial charge in [-0.15, -0.1) is 12.4 Å². The molecule has 1 amide bonds. The van der Waals surface area contributed by atoms with E-state index in [4.69, 9.17) is 0 Å². The molecule has 3 nitrogen and oxygen atoms in total. The van der Waals surface area contributed by atoms with Crippen molar-refractivity contribution in [3.63, 3.8) is 0 Å². The van der Waals surface area contributed by atoms with Crippen molar-refractivity contribution in [1.82, 2.24) is 10.2 Å². The molecule has 1 heterocycles. The van der Waals surface area contributed by atoms with Crippen molar-refractivity contribution in [2.24, 2.45) is 5.92 Å². The van der Waals surface area contributed by atoms with E-state index >= 15 is 0 Å². The Balaban J connectivity index is 0.00000161. The van der Waals surface area contributed by atoms with Gasteiger partial charge in [0.2, 0.25) is 5.91 Å². The summed E-state index contributed by atoms with van der Waals surface area (Å²) >= 11 is 0. The van der Waals surface area contributed by atoms with Gasteiger partial charge in [0.1, 0.15) is 0 Å². The van der Waals surface area contributed by atoms with Crippen molar-refractivity contribution in [2.45, 2.75) is 82.7 Å². The Bertz CT molecular complexity index is 321. The van der Waals surface area contributed by atoms with E-state index in [1.165, 1.54) is 57.8 Å². The fourth-order valence-electron chi connectivity index (χ4n) is 3.93. The summed E-state index contributed by atoms with van der Waals surface area (Å²) in [6.07, 6.45) is 13.7. The van der Waals surface area contributed by atoms with Gasteiger partial charge in [-0.05, 0) is 57.4 Å². The van der Waals surface area contributed by atoms with Gasteiger partial charge in [-0.3, -0.25) is 4.79 Å². The summed E-state index contributed by atoms with van der Waals surface area (Å²) in [4.78, 5) is 14.8. The maximum Gasteiger partial charge on any atom is 0.222 e. The number of carbonyl (C=O) groups is 1. The van der Waals surface area contributed by atoms with E-state index < -0.39 is 0 Å². The lowest BCUT2D eigenvalue weighted by Gasteiger charge is -2.30. The van der Waals surface area contributed by atoms with E-state index in [1.807, 2.05) is 0 Å². The summed E-state index contributed by atoms with van der Waals surface area (Å²) in [5.74, 6) is 1.23.